The lowest BCUT2D eigenvalue weighted by Crippen LogP contribution is -2.25. The van der Waals surface area contributed by atoms with Gasteiger partial charge in [0, 0.05) is 5.56 Å². The predicted octanol–water partition coefficient (Wildman–Crippen LogP) is 3.79. The van der Waals surface area contributed by atoms with Crippen LogP contribution in [-0.2, 0) is 4.79 Å². The van der Waals surface area contributed by atoms with Gasteiger partial charge in [0.25, 0.3) is 5.91 Å². The number of halogens is 1. The van der Waals surface area contributed by atoms with E-state index >= 15 is 0 Å². The lowest BCUT2D eigenvalue weighted by Gasteiger charge is -2.18. The van der Waals surface area contributed by atoms with Crippen LogP contribution in [0.1, 0.15) is 5.76 Å². The molecule has 0 spiro atoms. The van der Waals surface area contributed by atoms with Crippen LogP contribution in [0, 0.1) is 12.7 Å². The van der Waals surface area contributed by atoms with E-state index < -0.39 is 0 Å². The topological polar surface area (TPSA) is 64.4 Å². The van der Waals surface area contributed by atoms with Gasteiger partial charge in [-0.2, -0.15) is 0 Å². The van der Waals surface area contributed by atoms with Gasteiger partial charge in [-0.25, -0.2) is 4.39 Å². The monoisotopic (exact) mass is 324 g/mol. The highest BCUT2D eigenvalue weighted by Gasteiger charge is 2.20. The Morgan fingerprint density at radius 2 is 1.88 bits per heavy atom. The van der Waals surface area contributed by atoms with Crippen LogP contribution in [0.2, 0.25) is 0 Å². The summed E-state index contributed by atoms with van der Waals surface area (Å²) in [6.07, 6.45) is 0. The second kappa shape index (κ2) is 5.49. The molecule has 1 aliphatic rings. The molecule has 5 nitrogen and oxygen atoms in total. The fourth-order valence-corrected chi connectivity index (χ4v) is 2.76. The number of aromatic nitrogens is 1. The minimum absolute atomic E-state index is 0.0102. The van der Waals surface area contributed by atoms with Crippen molar-refractivity contribution in [3.8, 4) is 28.1 Å². The van der Waals surface area contributed by atoms with Crippen LogP contribution in [-0.4, -0.2) is 17.7 Å². The number of benzene rings is 2. The molecule has 0 unspecified atom stereocenters. The van der Waals surface area contributed by atoms with E-state index in [1.807, 2.05) is 6.07 Å². The number of hydrogen-bond acceptors (Lipinski definition) is 4. The number of ether oxygens (including phenoxy) is 1. The third kappa shape index (κ3) is 2.42. The van der Waals surface area contributed by atoms with Gasteiger partial charge in [-0.1, -0.05) is 17.3 Å². The van der Waals surface area contributed by atoms with Gasteiger partial charge in [-0.05, 0) is 42.8 Å². The van der Waals surface area contributed by atoms with Gasteiger partial charge in [0.05, 0.1) is 11.3 Å². The molecule has 1 N–H and O–H groups in total. The minimum Gasteiger partial charge on any atom is -0.482 e. The summed E-state index contributed by atoms with van der Waals surface area (Å²) in [5.74, 6) is 0.745. The van der Waals surface area contributed by atoms with Crippen LogP contribution in [0.3, 0.4) is 0 Å². The smallest absolute Gasteiger partial charge is 0.262 e. The highest BCUT2D eigenvalue weighted by atomic mass is 19.1. The van der Waals surface area contributed by atoms with E-state index in [1.165, 1.54) is 12.1 Å². The first-order valence-electron chi connectivity index (χ1n) is 7.41. The zero-order valence-corrected chi connectivity index (χ0v) is 12.8. The first-order chi connectivity index (χ1) is 11.6. The summed E-state index contributed by atoms with van der Waals surface area (Å²) in [5.41, 5.74) is 3.59. The molecular formula is C18H13FN2O3. The van der Waals surface area contributed by atoms with Crippen molar-refractivity contribution >= 4 is 11.6 Å². The van der Waals surface area contributed by atoms with Crippen molar-refractivity contribution in [1.82, 2.24) is 5.16 Å². The largest absolute Gasteiger partial charge is 0.482 e. The second-order valence-electron chi connectivity index (χ2n) is 5.52. The third-order valence-corrected chi connectivity index (χ3v) is 3.88. The molecule has 1 amide bonds. The SMILES string of the molecule is Cc1onc(-c2ccc3c(c2)NC(=O)CO3)c1-c1ccc(F)cc1. The Morgan fingerprint density at radius 3 is 2.67 bits per heavy atom. The molecule has 1 aliphatic heterocycles. The Balaban J connectivity index is 1.82. The number of carbonyl (C=O) groups is 1. The molecule has 0 bridgehead atoms. The van der Waals surface area contributed by atoms with Crippen molar-refractivity contribution in [2.75, 3.05) is 11.9 Å². The summed E-state index contributed by atoms with van der Waals surface area (Å²) in [6.45, 7) is 1.81. The molecular weight excluding hydrogens is 311 g/mol. The fraction of sp³-hybridized carbons (Fsp3) is 0.111. The minimum atomic E-state index is -0.303. The van der Waals surface area contributed by atoms with Crippen LogP contribution < -0.4 is 10.1 Å². The molecule has 0 aliphatic carbocycles. The molecule has 1 aromatic heterocycles. The van der Waals surface area contributed by atoms with E-state index in [1.54, 1.807) is 31.2 Å². The lowest BCUT2D eigenvalue weighted by atomic mass is 9.99. The van der Waals surface area contributed by atoms with Gasteiger partial charge in [0.2, 0.25) is 0 Å². The quantitative estimate of drug-likeness (QED) is 0.779. The first kappa shape index (κ1) is 14.4. The molecule has 0 saturated carbocycles. The van der Waals surface area contributed by atoms with Gasteiger partial charge in [-0.3, -0.25) is 4.79 Å². The Hall–Kier alpha value is -3.15. The summed E-state index contributed by atoms with van der Waals surface area (Å²) < 4.78 is 23.9. The second-order valence-corrected chi connectivity index (χ2v) is 5.52. The van der Waals surface area contributed by atoms with Gasteiger partial charge in [0.15, 0.2) is 6.61 Å². The van der Waals surface area contributed by atoms with Crippen molar-refractivity contribution in [2.24, 2.45) is 0 Å². The molecule has 120 valence electrons. The molecule has 6 heteroatoms. The number of anilines is 1. The van der Waals surface area contributed by atoms with Gasteiger partial charge in [-0.15, -0.1) is 0 Å². The summed E-state index contributed by atoms with van der Waals surface area (Å²) >= 11 is 0. The van der Waals surface area contributed by atoms with Crippen LogP contribution >= 0.6 is 0 Å². The maximum absolute atomic E-state index is 13.2. The number of nitrogens with zero attached hydrogens (tertiary/aromatic N) is 1. The average Bonchev–Trinajstić information content (AvgIpc) is 2.96. The number of amides is 1. The Morgan fingerprint density at radius 1 is 1.12 bits per heavy atom. The molecule has 24 heavy (non-hydrogen) atoms. The van der Waals surface area contributed by atoms with Gasteiger partial charge >= 0.3 is 0 Å². The number of fused-ring (bicyclic) bond motifs is 1. The molecule has 0 atom stereocenters. The summed E-state index contributed by atoms with van der Waals surface area (Å²) in [6, 6.07) is 11.6. The molecule has 2 heterocycles. The number of hydrogen-bond donors (Lipinski definition) is 1. The van der Waals surface area contributed by atoms with E-state index in [4.69, 9.17) is 9.26 Å². The number of carbonyl (C=O) groups excluding carboxylic acids is 1. The van der Waals surface area contributed by atoms with Gasteiger partial charge < -0.3 is 14.6 Å². The van der Waals surface area contributed by atoms with Crippen LogP contribution in [0.15, 0.2) is 47.0 Å². The Labute approximate surface area is 137 Å². The Bertz CT molecular complexity index is 932. The number of aryl methyl sites for hydroxylation is 1. The first-order valence-corrected chi connectivity index (χ1v) is 7.41. The van der Waals surface area contributed by atoms with E-state index in [2.05, 4.69) is 10.5 Å². The maximum atomic E-state index is 13.2. The van der Waals surface area contributed by atoms with Crippen molar-refractivity contribution in [1.29, 1.82) is 0 Å². The number of rotatable bonds is 2. The maximum Gasteiger partial charge on any atom is 0.262 e. The predicted molar refractivity (Wildman–Crippen MR) is 86.2 cm³/mol. The van der Waals surface area contributed by atoms with E-state index in [-0.39, 0.29) is 18.3 Å². The molecule has 3 aromatic rings. The zero-order valence-electron chi connectivity index (χ0n) is 12.8. The fourth-order valence-electron chi connectivity index (χ4n) is 2.76. The van der Waals surface area contributed by atoms with E-state index in [0.717, 1.165) is 16.7 Å². The van der Waals surface area contributed by atoms with E-state index in [0.29, 0.717) is 22.9 Å². The highest BCUT2D eigenvalue weighted by molar-refractivity contribution is 5.96. The lowest BCUT2D eigenvalue weighted by molar-refractivity contribution is -0.118. The molecule has 0 radical (unpaired) electrons. The Kier molecular flexibility index (Phi) is 3.30. The van der Waals surface area contributed by atoms with Crippen molar-refractivity contribution in [3.05, 3.63) is 54.0 Å². The number of nitrogens with one attached hydrogen (secondary N) is 1. The van der Waals surface area contributed by atoms with Crippen LogP contribution in [0.5, 0.6) is 5.75 Å². The average molecular weight is 324 g/mol. The van der Waals surface area contributed by atoms with Crippen LogP contribution in [0.25, 0.3) is 22.4 Å². The van der Waals surface area contributed by atoms with Gasteiger partial charge in [0.1, 0.15) is 23.0 Å². The molecule has 0 saturated heterocycles. The van der Waals surface area contributed by atoms with Crippen LogP contribution in [0.4, 0.5) is 10.1 Å². The molecule has 4 rings (SSSR count). The third-order valence-electron chi connectivity index (χ3n) is 3.88. The molecule has 0 fully saturated rings. The standard InChI is InChI=1S/C18H13FN2O3/c1-10-17(11-2-5-13(19)6-3-11)18(21-24-10)12-4-7-15-14(8-12)20-16(22)9-23-15/h2-8H,9H2,1H3,(H,20,22). The normalized spacial score (nSPS) is 13.2. The van der Waals surface area contributed by atoms with Crippen molar-refractivity contribution < 1.29 is 18.4 Å². The molecule has 2 aromatic carbocycles. The highest BCUT2D eigenvalue weighted by Crippen LogP contribution is 2.38. The van der Waals surface area contributed by atoms with Crippen molar-refractivity contribution in [2.45, 2.75) is 6.92 Å². The summed E-state index contributed by atoms with van der Waals surface area (Å²) in [5, 5.41) is 6.90. The zero-order chi connectivity index (χ0) is 16.7. The summed E-state index contributed by atoms with van der Waals surface area (Å²) in [7, 11) is 0. The summed E-state index contributed by atoms with van der Waals surface area (Å²) in [4.78, 5) is 11.5. The van der Waals surface area contributed by atoms with E-state index in [9.17, 15) is 9.18 Å². The van der Waals surface area contributed by atoms with Crippen molar-refractivity contribution in [3.63, 3.8) is 0 Å².